The van der Waals surface area contributed by atoms with Gasteiger partial charge in [-0.25, -0.2) is 5.09 Å². The number of amides is 1. The van der Waals surface area contributed by atoms with Gasteiger partial charge in [0.15, 0.2) is 0 Å². The molecule has 0 radical (unpaired) electrons. The average molecular weight is 348 g/mol. The average Bonchev–Trinajstić information content (AvgIpc) is 2.46. The minimum absolute atomic E-state index is 0.0824. The summed E-state index contributed by atoms with van der Waals surface area (Å²) in [6.07, 6.45) is 2.58. The first-order valence-electron chi connectivity index (χ1n) is 8.56. The van der Waals surface area contributed by atoms with Gasteiger partial charge in [-0.2, -0.15) is 0 Å². The molecule has 1 unspecified atom stereocenters. The summed E-state index contributed by atoms with van der Waals surface area (Å²) in [4.78, 5) is 12.7. The van der Waals surface area contributed by atoms with Crippen LogP contribution >= 0.6 is 7.52 Å². The Bertz CT molecular complexity index is 415. The number of ether oxygens (including phenoxy) is 1. The van der Waals surface area contributed by atoms with Crippen molar-refractivity contribution < 1.29 is 18.6 Å². The Morgan fingerprint density at radius 1 is 1.22 bits per heavy atom. The van der Waals surface area contributed by atoms with Gasteiger partial charge in [-0.05, 0) is 31.1 Å². The number of hydrogen-bond acceptors (Lipinski definition) is 4. The SMILES string of the molecule is COP1(=O)CCOCC[C@H](CC(C)C)NC(=O)[C@H](CC(C)C)N1. The number of hydrogen-bond donors (Lipinski definition) is 2. The van der Waals surface area contributed by atoms with Gasteiger partial charge >= 0.3 is 0 Å². The van der Waals surface area contributed by atoms with Crippen LogP contribution in [-0.4, -0.2) is 44.5 Å². The molecule has 1 aliphatic heterocycles. The fourth-order valence-corrected chi connectivity index (χ4v) is 4.25. The normalized spacial score (nSPS) is 31.0. The topological polar surface area (TPSA) is 76.7 Å². The molecule has 1 saturated heterocycles. The molecule has 1 rings (SSSR count). The van der Waals surface area contributed by atoms with E-state index in [1.54, 1.807) is 0 Å². The summed E-state index contributed by atoms with van der Waals surface area (Å²) in [5.74, 6) is 0.712. The Labute approximate surface area is 140 Å². The Morgan fingerprint density at radius 3 is 2.43 bits per heavy atom. The molecule has 0 saturated carbocycles. The maximum atomic E-state index is 12.8. The molecular formula is C16H33N2O4P. The maximum absolute atomic E-state index is 12.8. The second kappa shape index (κ2) is 9.77. The molecule has 0 aromatic heterocycles. The summed E-state index contributed by atoms with van der Waals surface area (Å²) in [5, 5.41) is 6.08. The molecule has 1 fully saturated rings. The molecule has 0 aromatic carbocycles. The third kappa shape index (κ3) is 7.79. The molecule has 23 heavy (non-hydrogen) atoms. The van der Waals surface area contributed by atoms with Crippen molar-refractivity contribution in [3.8, 4) is 0 Å². The van der Waals surface area contributed by atoms with E-state index in [9.17, 15) is 9.36 Å². The first kappa shape index (κ1) is 20.6. The standard InChI is InChI=1S/C16H33N2O4P/c1-12(2)10-14-6-7-22-8-9-23(20,21-5)18-15(11-13(3)4)16(19)17-14/h12-15H,6-11H2,1-5H3,(H,17,19)(H,18,20)/t14-,15+,23?/m1/s1. The lowest BCUT2D eigenvalue weighted by molar-refractivity contribution is -0.124. The van der Waals surface area contributed by atoms with Crippen LogP contribution in [0.5, 0.6) is 0 Å². The lowest BCUT2D eigenvalue weighted by Crippen LogP contribution is -2.48. The Balaban J connectivity index is 2.92. The molecular weight excluding hydrogens is 315 g/mol. The van der Waals surface area contributed by atoms with E-state index in [1.165, 1.54) is 7.11 Å². The van der Waals surface area contributed by atoms with Gasteiger partial charge in [-0.15, -0.1) is 0 Å². The summed E-state index contributed by atoms with van der Waals surface area (Å²) < 4.78 is 23.5. The molecule has 0 aliphatic carbocycles. The second-order valence-electron chi connectivity index (χ2n) is 7.13. The van der Waals surface area contributed by atoms with Crippen molar-refractivity contribution in [1.29, 1.82) is 0 Å². The lowest BCUT2D eigenvalue weighted by atomic mass is 9.99. The van der Waals surface area contributed by atoms with Gasteiger partial charge in [-0.3, -0.25) is 9.36 Å². The summed E-state index contributed by atoms with van der Waals surface area (Å²) >= 11 is 0. The highest BCUT2D eigenvalue weighted by Gasteiger charge is 2.31. The largest absolute Gasteiger partial charge is 0.381 e. The number of rotatable bonds is 5. The van der Waals surface area contributed by atoms with Crippen molar-refractivity contribution in [2.75, 3.05) is 26.5 Å². The van der Waals surface area contributed by atoms with E-state index in [0.29, 0.717) is 31.5 Å². The van der Waals surface area contributed by atoms with E-state index >= 15 is 0 Å². The van der Waals surface area contributed by atoms with E-state index in [1.807, 2.05) is 13.8 Å². The molecule has 1 aliphatic rings. The van der Waals surface area contributed by atoms with Gasteiger partial charge in [-0.1, -0.05) is 27.7 Å². The van der Waals surface area contributed by atoms with E-state index in [4.69, 9.17) is 9.26 Å². The first-order valence-corrected chi connectivity index (χ1v) is 10.4. The molecule has 3 atom stereocenters. The minimum Gasteiger partial charge on any atom is -0.381 e. The fraction of sp³-hybridized carbons (Fsp3) is 0.938. The maximum Gasteiger partial charge on any atom is 0.272 e. The zero-order valence-electron chi connectivity index (χ0n) is 15.1. The van der Waals surface area contributed by atoms with Crippen molar-refractivity contribution >= 4 is 13.4 Å². The van der Waals surface area contributed by atoms with Crippen LogP contribution in [0.3, 0.4) is 0 Å². The van der Waals surface area contributed by atoms with Crippen LogP contribution in [-0.2, 0) is 18.6 Å². The lowest BCUT2D eigenvalue weighted by Gasteiger charge is -2.27. The van der Waals surface area contributed by atoms with E-state index in [0.717, 1.165) is 12.8 Å². The van der Waals surface area contributed by atoms with E-state index in [-0.39, 0.29) is 18.1 Å². The minimum atomic E-state index is -3.06. The highest BCUT2D eigenvalue weighted by Crippen LogP contribution is 2.42. The van der Waals surface area contributed by atoms with Gasteiger partial charge in [0, 0.05) is 19.8 Å². The zero-order valence-corrected chi connectivity index (χ0v) is 16.0. The van der Waals surface area contributed by atoms with Crippen LogP contribution < -0.4 is 10.4 Å². The van der Waals surface area contributed by atoms with Gasteiger partial charge < -0.3 is 14.6 Å². The van der Waals surface area contributed by atoms with Crippen molar-refractivity contribution in [3.05, 3.63) is 0 Å². The molecule has 7 heteroatoms. The molecule has 6 nitrogen and oxygen atoms in total. The predicted octanol–water partition coefficient (Wildman–Crippen LogP) is 2.78. The molecule has 0 aromatic rings. The van der Waals surface area contributed by atoms with Crippen LogP contribution in [0.4, 0.5) is 0 Å². The molecule has 2 N–H and O–H groups in total. The van der Waals surface area contributed by atoms with Crippen LogP contribution in [0, 0.1) is 11.8 Å². The van der Waals surface area contributed by atoms with Crippen LogP contribution in [0.1, 0.15) is 47.0 Å². The Hall–Kier alpha value is -0.420. The summed E-state index contributed by atoms with van der Waals surface area (Å²) in [6.45, 7) is 9.30. The van der Waals surface area contributed by atoms with Crippen LogP contribution in [0.2, 0.25) is 0 Å². The number of nitrogens with one attached hydrogen (secondary N) is 2. The van der Waals surface area contributed by atoms with Gasteiger partial charge in [0.25, 0.3) is 7.52 Å². The second-order valence-corrected chi connectivity index (χ2v) is 9.54. The molecule has 0 bridgehead atoms. The van der Waals surface area contributed by atoms with E-state index < -0.39 is 13.6 Å². The van der Waals surface area contributed by atoms with Gasteiger partial charge in [0.2, 0.25) is 5.91 Å². The highest BCUT2D eigenvalue weighted by molar-refractivity contribution is 7.56. The molecule has 1 amide bonds. The monoisotopic (exact) mass is 348 g/mol. The summed E-state index contributed by atoms with van der Waals surface area (Å²) in [7, 11) is -1.65. The smallest absolute Gasteiger partial charge is 0.272 e. The van der Waals surface area contributed by atoms with Crippen molar-refractivity contribution in [3.63, 3.8) is 0 Å². The highest BCUT2D eigenvalue weighted by atomic mass is 31.2. The third-order valence-electron chi connectivity index (χ3n) is 3.91. The molecule has 0 spiro atoms. The predicted molar refractivity (Wildman–Crippen MR) is 92.7 cm³/mol. The Morgan fingerprint density at radius 2 is 1.87 bits per heavy atom. The van der Waals surface area contributed by atoms with Crippen molar-refractivity contribution in [1.82, 2.24) is 10.4 Å². The first-order chi connectivity index (χ1) is 10.8. The van der Waals surface area contributed by atoms with E-state index in [2.05, 4.69) is 24.3 Å². The van der Waals surface area contributed by atoms with Gasteiger partial charge in [0.05, 0.1) is 18.8 Å². The Kier molecular flexibility index (Phi) is 8.76. The molecule has 1 heterocycles. The summed E-state index contributed by atoms with van der Waals surface area (Å²) in [6, 6.07) is -0.424. The van der Waals surface area contributed by atoms with Crippen molar-refractivity contribution in [2.45, 2.75) is 59.0 Å². The fourth-order valence-electron chi connectivity index (χ4n) is 2.77. The van der Waals surface area contributed by atoms with Crippen molar-refractivity contribution in [2.24, 2.45) is 11.8 Å². The number of carbonyl (C=O) groups is 1. The number of carbonyl (C=O) groups excluding carboxylic acids is 1. The quantitative estimate of drug-likeness (QED) is 0.747. The van der Waals surface area contributed by atoms with Gasteiger partial charge in [0.1, 0.15) is 0 Å². The van der Waals surface area contributed by atoms with Crippen LogP contribution in [0.15, 0.2) is 0 Å². The van der Waals surface area contributed by atoms with Crippen LogP contribution in [0.25, 0.3) is 0 Å². The summed E-state index contributed by atoms with van der Waals surface area (Å²) in [5.41, 5.74) is 0. The third-order valence-corrected chi connectivity index (χ3v) is 5.98. The zero-order chi connectivity index (χ0) is 17.5. The molecule has 136 valence electrons.